The molecule has 6 heteroatoms. The molecule has 1 atom stereocenters. The van der Waals surface area contributed by atoms with Gasteiger partial charge in [-0.1, -0.05) is 12.1 Å². The molecule has 1 unspecified atom stereocenters. The summed E-state index contributed by atoms with van der Waals surface area (Å²) >= 11 is 0. The molecule has 0 amide bonds. The molecule has 1 aliphatic rings. The van der Waals surface area contributed by atoms with Crippen LogP contribution in [-0.4, -0.2) is 45.5 Å². The second-order valence-electron chi connectivity index (χ2n) is 5.54. The first-order chi connectivity index (χ1) is 11.3. The number of guanidine groups is 1. The smallest absolute Gasteiger partial charge is 0.191 e. The Morgan fingerprint density at radius 3 is 2.87 bits per heavy atom. The summed E-state index contributed by atoms with van der Waals surface area (Å²) in [6, 6.07) is 6.43. The van der Waals surface area contributed by atoms with Crippen molar-refractivity contribution in [1.29, 1.82) is 0 Å². The molecule has 0 aromatic heterocycles. The molecule has 0 aliphatic carbocycles. The van der Waals surface area contributed by atoms with Crippen molar-refractivity contribution in [3.63, 3.8) is 0 Å². The highest BCUT2D eigenvalue weighted by atomic mass is 19.1. The van der Waals surface area contributed by atoms with Crippen molar-refractivity contribution in [3.8, 4) is 0 Å². The Morgan fingerprint density at radius 2 is 2.17 bits per heavy atom. The molecule has 5 nitrogen and oxygen atoms in total. The van der Waals surface area contributed by atoms with E-state index in [0.717, 1.165) is 43.9 Å². The zero-order valence-electron chi connectivity index (χ0n) is 13.7. The lowest BCUT2D eigenvalue weighted by Crippen LogP contribution is -2.37. The number of halogens is 1. The molecular formula is C17H26FN3O2. The van der Waals surface area contributed by atoms with E-state index in [2.05, 4.69) is 15.6 Å². The largest absolute Gasteiger partial charge is 0.379 e. The molecule has 0 bridgehead atoms. The number of benzene rings is 1. The Labute approximate surface area is 137 Å². The second kappa shape index (κ2) is 10.2. The van der Waals surface area contributed by atoms with Crippen molar-refractivity contribution in [2.45, 2.75) is 31.9 Å². The Morgan fingerprint density at radius 1 is 1.35 bits per heavy atom. The lowest BCUT2D eigenvalue weighted by atomic mass is 10.2. The number of nitrogens with one attached hydrogen (secondary N) is 2. The third-order valence-corrected chi connectivity index (χ3v) is 3.68. The minimum Gasteiger partial charge on any atom is -0.379 e. The Bertz CT molecular complexity index is 473. The fraction of sp³-hybridized carbons (Fsp3) is 0.588. The van der Waals surface area contributed by atoms with Gasteiger partial charge in [0, 0.05) is 33.4 Å². The van der Waals surface area contributed by atoms with Crippen LogP contribution in [0.3, 0.4) is 0 Å². The summed E-state index contributed by atoms with van der Waals surface area (Å²) < 4.78 is 24.0. The van der Waals surface area contributed by atoms with Gasteiger partial charge in [-0.3, -0.25) is 4.99 Å². The maximum atomic E-state index is 12.8. The van der Waals surface area contributed by atoms with Gasteiger partial charge in [0.15, 0.2) is 5.96 Å². The maximum Gasteiger partial charge on any atom is 0.191 e. The summed E-state index contributed by atoms with van der Waals surface area (Å²) in [5.41, 5.74) is 1.01. The van der Waals surface area contributed by atoms with Crippen LogP contribution in [0.25, 0.3) is 0 Å². The van der Waals surface area contributed by atoms with E-state index in [-0.39, 0.29) is 11.9 Å². The van der Waals surface area contributed by atoms with Crippen molar-refractivity contribution in [2.24, 2.45) is 4.99 Å². The minimum absolute atomic E-state index is 0.223. The van der Waals surface area contributed by atoms with E-state index in [0.29, 0.717) is 19.8 Å². The second-order valence-corrected chi connectivity index (χ2v) is 5.54. The molecule has 1 fully saturated rings. The fourth-order valence-electron chi connectivity index (χ4n) is 2.38. The highest BCUT2D eigenvalue weighted by Crippen LogP contribution is 2.11. The predicted molar refractivity (Wildman–Crippen MR) is 89.0 cm³/mol. The molecular weight excluding hydrogens is 297 g/mol. The van der Waals surface area contributed by atoms with E-state index in [1.54, 1.807) is 19.2 Å². The molecule has 0 saturated carbocycles. The van der Waals surface area contributed by atoms with Crippen molar-refractivity contribution >= 4 is 5.96 Å². The summed E-state index contributed by atoms with van der Waals surface area (Å²) in [6.07, 6.45) is 3.45. The molecule has 1 aromatic carbocycles. The predicted octanol–water partition coefficient (Wildman–Crippen LogP) is 2.08. The molecule has 1 aromatic rings. The van der Waals surface area contributed by atoms with E-state index in [9.17, 15) is 4.39 Å². The highest BCUT2D eigenvalue weighted by Gasteiger charge is 2.14. The molecule has 1 aliphatic heterocycles. The third-order valence-electron chi connectivity index (χ3n) is 3.68. The van der Waals surface area contributed by atoms with Gasteiger partial charge in [0.05, 0.1) is 12.7 Å². The van der Waals surface area contributed by atoms with Crippen molar-refractivity contribution in [2.75, 3.05) is 33.4 Å². The number of ether oxygens (including phenoxy) is 2. The van der Waals surface area contributed by atoms with Crippen LogP contribution >= 0.6 is 0 Å². The van der Waals surface area contributed by atoms with Crippen LogP contribution in [0.4, 0.5) is 4.39 Å². The number of hydrogen-bond donors (Lipinski definition) is 2. The minimum atomic E-state index is -0.223. The summed E-state index contributed by atoms with van der Waals surface area (Å²) in [6.45, 7) is 3.66. The maximum absolute atomic E-state index is 12.8. The zero-order chi connectivity index (χ0) is 16.3. The summed E-state index contributed by atoms with van der Waals surface area (Å²) in [5.74, 6) is 0.507. The van der Waals surface area contributed by atoms with E-state index >= 15 is 0 Å². The van der Waals surface area contributed by atoms with Gasteiger partial charge in [-0.15, -0.1) is 0 Å². The van der Waals surface area contributed by atoms with Gasteiger partial charge in [0.2, 0.25) is 0 Å². The monoisotopic (exact) mass is 323 g/mol. The van der Waals surface area contributed by atoms with Gasteiger partial charge >= 0.3 is 0 Å². The zero-order valence-corrected chi connectivity index (χ0v) is 13.7. The van der Waals surface area contributed by atoms with E-state index in [1.807, 2.05) is 0 Å². The quantitative estimate of drug-likeness (QED) is 0.437. The van der Waals surface area contributed by atoms with Gasteiger partial charge in [0.25, 0.3) is 0 Å². The molecule has 0 spiro atoms. The molecule has 0 radical (unpaired) electrons. The molecule has 23 heavy (non-hydrogen) atoms. The number of hydrogen-bond acceptors (Lipinski definition) is 3. The van der Waals surface area contributed by atoms with Crippen LogP contribution in [0, 0.1) is 5.82 Å². The van der Waals surface area contributed by atoms with E-state index in [1.165, 1.54) is 12.1 Å². The van der Waals surface area contributed by atoms with Crippen molar-refractivity contribution in [3.05, 3.63) is 35.6 Å². The average molecular weight is 323 g/mol. The average Bonchev–Trinajstić information content (AvgIpc) is 3.08. The first kappa shape index (κ1) is 17.7. The topological polar surface area (TPSA) is 54.9 Å². The van der Waals surface area contributed by atoms with E-state index in [4.69, 9.17) is 9.47 Å². The normalized spacial score (nSPS) is 18.2. The van der Waals surface area contributed by atoms with Crippen molar-refractivity contribution < 1.29 is 13.9 Å². The fourth-order valence-corrected chi connectivity index (χ4v) is 2.38. The van der Waals surface area contributed by atoms with Gasteiger partial charge in [-0.2, -0.15) is 0 Å². The van der Waals surface area contributed by atoms with Crippen LogP contribution < -0.4 is 10.6 Å². The molecule has 2 N–H and O–H groups in total. The Hall–Kier alpha value is -1.66. The summed E-state index contributed by atoms with van der Waals surface area (Å²) in [4.78, 5) is 4.16. The number of nitrogens with zero attached hydrogens (tertiary/aromatic N) is 1. The number of aliphatic imine (C=N–C) groups is 1. The van der Waals surface area contributed by atoms with Crippen LogP contribution in [0.2, 0.25) is 0 Å². The van der Waals surface area contributed by atoms with Gasteiger partial charge < -0.3 is 20.1 Å². The van der Waals surface area contributed by atoms with Gasteiger partial charge in [-0.05, 0) is 37.0 Å². The van der Waals surface area contributed by atoms with Gasteiger partial charge in [0.1, 0.15) is 5.82 Å². The SMILES string of the molecule is CN=C(NCCCOCC1CCCO1)NCc1ccc(F)cc1. The lowest BCUT2D eigenvalue weighted by molar-refractivity contribution is 0.0168. The Kier molecular flexibility index (Phi) is 7.83. The Balaban J connectivity index is 1.53. The van der Waals surface area contributed by atoms with Gasteiger partial charge in [-0.25, -0.2) is 4.39 Å². The third kappa shape index (κ3) is 6.97. The highest BCUT2D eigenvalue weighted by molar-refractivity contribution is 5.79. The van der Waals surface area contributed by atoms with Crippen LogP contribution in [-0.2, 0) is 16.0 Å². The van der Waals surface area contributed by atoms with Crippen LogP contribution in [0.1, 0.15) is 24.8 Å². The number of rotatable bonds is 8. The van der Waals surface area contributed by atoms with Crippen LogP contribution in [0.15, 0.2) is 29.3 Å². The summed E-state index contributed by atoms with van der Waals surface area (Å²) in [5, 5.41) is 6.43. The molecule has 2 rings (SSSR count). The molecule has 128 valence electrons. The van der Waals surface area contributed by atoms with E-state index < -0.39 is 0 Å². The first-order valence-electron chi connectivity index (χ1n) is 8.16. The lowest BCUT2D eigenvalue weighted by Gasteiger charge is -2.13. The summed E-state index contributed by atoms with van der Waals surface area (Å²) in [7, 11) is 1.73. The van der Waals surface area contributed by atoms with Crippen molar-refractivity contribution in [1.82, 2.24) is 10.6 Å². The first-order valence-corrected chi connectivity index (χ1v) is 8.16. The molecule has 1 heterocycles. The van der Waals surface area contributed by atoms with Crippen LogP contribution in [0.5, 0.6) is 0 Å². The molecule has 1 saturated heterocycles. The standard InChI is InChI=1S/C17H26FN3O2/c1-19-17(21-12-14-5-7-15(18)8-6-14)20-9-3-10-22-13-16-4-2-11-23-16/h5-8,16H,2-4,9-13H2,1H3,(H2,19,20,21).